The zero-order valence-corrected chi connectivity index (χ0v) is 12.7. The first kappa shape index (κ1) is 15.8. The van der Waals surface area contributed by atoms with Crippen molar-refractivity contribution < 1.29 is 4.74 Å². The Bertz CT molecular complexity index is 377. The molecule has 0 saturated carbocycles. The van der Waals surface area contributed by atoms with Gasteiger partial charge in [-0.05, 0) is 63.9 Å². The maximum Gasteiger partial charge on any atom is 0.119 e. The van der Waals surface area contributed by atoms with Crippen molar-refractivity contribution in [1.29, 1.82) is 0 Å². The van der Waals surface area contributed by atoms with E-state index < -0.39 is 0 Å². The highest BCUT2D eigenvalue weighted by molar-refractivity contribution is 5.27. The molecule has 0 aliphatic heterocycles. The van der Waals surface area contributed by atoms with Gasteiger partial charge in [-0.2, -0.15) is 0 Å². The summed E-state index contributed by atoms with van der Waals surface area (Å²) in [7, 11) is 0. The number of aryl methyl sites for hydroxylation is 1. The molecule has 0 aliphatic carbocycles. The highest BCUT2D eigenvalue weighted by atomic mass is 16.5. The molecule has 0 fully saturated rings. The number of rotatable bonds is 8. The van der Waals surface area contributed by atoms with E-state index in [1.165, 1.54) is 17.6 Å². The van der Waals surface area contributed by atoms with Crippen molar-refractivity contribution in [3.8, 4) is 5.75 Å². The first-order valence-corrected chi connectivity index (χ1v) is 7.20. The molecule has 0 spiro atoms. The molecular weight excluding hydrogens is 234 g/mol. The van der Waals surface area contributed by atoms with E-state index >= 15 is 0 Å². The van der Waals surface area contributed by atoms with Crippen molar-refractivity contribution in [1.82, 2.24) is 5.32 Å². The quantitative estimate of drug-likeness (QED) is 0.715. The van der Waals surface area contributed by atoms with Crippen molar-refractivity contribution >= 4 is 0 Å². The van der Waals surface area contributed by atoms with Crippen LogP contribution < -0.4 is 10.1 Å². The molecule has 0 bridgehead atoms. The van der Waals surface area contributed by atoms with Crippen molar-refractivity contribution in [3.05, 3.63) is 41.5 Å². The third kappa shape index (κ3) is 7.02. The highest BCUT2D eigenvalue weighted by Crippen LogP contribution is 2.14. The minimum absolute atomic E-state index is 0.582. The first-order chi connectivity index (χ1) is 9.11. The van der Waals surface area contributed by atoms with Crippen LogP contribution in [0.25, 0.3) is 0 Å². The van der Waals surface area contributed by atoms with E-state index in [4.69, 9.17) is 4.74 Å². The molecule has 2 heteroatoms. The molecule has 1 N–H and O–H groups in total. The Morgan fingerprint density at radius 2 is 1.95 bits per heavy atom. The maximum absolute atomic E-state index is 5.65. The van der Waals surface area contributed by atoms with Gasteiger partial charge in [0.05, 0.1) is 0 Å². The Hall–Kier alpha value is -1.28. The van der Waals surface area contributed by atoms with Gasteiger partial charge in [0.25, 0.3) is 0 Å². The Morgan fingerprint density at radius 3 is 2.53 bits per heavy atom. The molecule has 1 rings (SSSR count). The Morgan fingerprint density at radius 1 is 1.26 bits per heavy atom. The number of allylic oxidation sites excluding steroid dienone is 1. The molecule has 106 valence electrons. The molecular formula is C17H27NO. The molecule has 0 saturated heterocycles. The molecule has 1 atom stereocenters. The maximum atomic E-state index is 5.65. The van der Waals surface area contributed by atoms with Gasteiger partial charge in [-0.1, -0.05) is 24.6 Å². The smallest absolute Gasteiger partial charge is 0.119 e. The second kappa shape index (κ2) is 8.76. The zero-order valence-electron chi connectivity index (χ0n) is 12.7. The average Bonchev–Trinajstić information content (AvgIpc) is 2.38. The van der Waals surface area contributed by atoms with E-state index in [2.05, 4.69) is 63.4 Å². The van der Waals surface area contributed by atoms with Crippen LogP contribution in [0.4, 0.5) is 0 Å². The van der Waals surface area contributed by atoms with Crippen LogP contribution in [-0.4, -0.2) is 19.2 Å². The lowest BCUT2D eigenvalue weighted by molar-refractivity contribution is 0.362. The van der Waals surface area contributed by atoms with E-state index in [9.17, 15) is 0 Å². The third-order valence-electron chi connectivity index (χ3n) is 3.08. The number of nitrogens with one attached hydrogen (secondary N) is 1. The van der Waals surface area contributed by atoms with E-state index in [0.717, 1.165) is 18.7 Å². The van der Waals surface area contributed by atoms with Gasteiger partial charge in [-0.15, -0.1) is 0 Å². The normalized spacial score (nSPS) is 12.0. The van der Waals surface area contributed by atoms with E-state index in [1.54, 1.807) is 0 Å². The highest BCUT2D eigenvalue weighted by Gasteiger charge is 2.01. The van der Waals surface area contributed by atoms with E-state index in [-0.39, 0.29) is 0 Å². The molecule has 2 nitrogen and oxygen atoms in total. The lowest BCUT2D eigenvalue weighted by Gasteiger charge is -2.12. The average molecular weight is 261 g/mol. The van der Waals surface area contributed by atoms with Crippen molar-refractivity contribution in [3.63, 3.8) is 0 Å². The lowest BCUT2D eigenvalue weighted by Crippen LogP contribution is -2.25. The summed E-state index contributed by atoms with van der Waals surface area (Å²) in [5.74, 6) is 0.945. The minimum atomic E-state index is 0.582. The summed E-state index contributed by atoms with van der Waals surface area (Å²) in [6, 6.07) is 9.03. The molecule has 0 amide bonds. The number of hydrogen-bond acceptors (Lipinski definition) is 2. The molecule has 0 radical (unpaired) electrons. The van der Waals surface area contributed by atoms with Crippen molar-refractivity contribution in [2.45, 2.75) is 46.6 Å². The number of benzene rings is 1. The molecule has 0 aromatic heterocycles. The zero-order chi connectivity index (χ0) is 14.1. The fraction of sp³-hybridized carbons (Fsp3) is 0.529. The van der Waals surface area contributed by atoms with Crippen LogP contribution in [0.1, 0.15) is 39.7 Å². The van der Waals surface area contributed by atoms with Crippen LogP contribution in [0.15, 0.2) is 35.9 Å². The van der Waals surface area contributed by atoms with Gasteiger partial charge >= 0.3 is 0 Å². The molecule has 0 aliphatic rings. The van der Waals surface area contributed by atoms with Gasteiger partial charge < -0.3 is 10.1 Å². The summed E-state index contributed by atoms with van der Waals surface area (Å²) in [5.41, 5.74) is 2.66. The van der Waals surface area contributed by atoms with Crippen molar-refractivity contribution in [2.75, 3.05) is 13.2 Å². The third-order valence-corrected chi connectivity index (χ3v) is 3.08. The monoisotopic (exact) mass is 261 g/mol. The van der Waals surface area contributed by atoms with E-state index in [0.29, 0.717) is 12.6 Å². The second-order valence-corrected chi connectivity index (χ2v) is 5.23. The van der Waals surface area contributed by atoms with E-state index in [1.807, 2.05) is 0 Å². The fourth-order valence-corrected chi connectivity index (χ4v) is 1.89. The molecule has 1 unspecified atom stereocenters. The summed E-state index contributed by atoms with van der Waals surface area (Å²) < 4.78 is 5.65. The van der Waals surface area contributed by atoms with Crippen LogP contribution in [0.5, 0.6) is 5.75 Å². The van der Waals surface area contributed by atoms with Crippen LogP contribution in [0, 0.1) is 0 Å². The molecule has 0 heterocycles. The molecule has 1 aromatic rings. The Kier molecular flexibility index (Phi) is 7.27. The summed E-state index contributed by atoms with van der Waals surface area (Å²) >= 11 is 0. The Balaban J connectivity index is 2.37. The van der Waals surface area contributed by atoms with Gasteiger partial charge in [0.1, 0.15) is 12.4 Å². The van der Waals surface area contributed by atoms with Crippen LogP contribution >= 0.6 is 0 Å². The predicted molar refractivity (Wildman–Crippen MR) is 82.8 cm³/mol. The summed E-state index contributed by atoms with van der Waals surface area (Å²) in [6.45, 7) is 10.2. The van der Waals surface area contributed by atoms with Gasteiger partial charge in [-0.3, -0.25) is 0 Å². The van der Waals surface area contributed by atoms with Gasteiger partial charge in [0.2, 0.25) is 0 Å². The minimum Gasteiger partial charge on any atom is -0.490 e. The van der Waals surface area contributed by atoms with Crippen molar-refractivity contribution in [2.24, 2.45) is 0 Å². The second-order valence-electron chi connectivity index (χ2n) is 5.23. The van der Waals surface area contributed by atoms with Gasteiger partial charge in [0.15, 0.2) is 0 Å². The summed E-state index contributed by atoms with van der Waals surface area (Å²) in [5, 5.41) is 3.43. The number of ether oxygens (including phenoxy) is 1. The largest absolute Gasteiger partial charge is 0.490 e. The lowest BCUT2D eigenvalue weighted by atomic mass is 10.1. The molecule has 1 aromatic carbocycles. The van der Waals surface area contributed by atoms with Crippen LogP contribution in [0.3, 0.4) is 0 Å². The topological polar surface area (TPSA) is 21.3 Å². The standard InChI is InChI=1S/C17H27NO/c1-5-18-15(4)6-7-16-8-10-17(11-9-16)19-13-12-14(2)3/h8-12,15,18H,5-7,13H2,1-4H3. The fourth-order valence-electron chi connectivity index (χ4n) is 1.89. The van der Waals surface area contributed by atoms with Crippen LogP contribution in [0.2, 0.25) is 0 Å². The van der Waals surface area contributed by atoms with Crippen LogP contribution in [-0.2, 0) is 6.42 Å². The SMILES string of the molecule is CCNC(C)CCc1ccc(OCC=C(C)C)cc1. The molecule has 19 heavy (non-hydrogen) atoms. The summed E-state index contributed by atoms with van der Waals surface area (Å²) in [4.78, 5) is 0. The van der Waals surface area contributed by atoms with Gasteiger partial charge in [0, 0.05) is 6.04 Å². The number of hydrogen-bond donors (Lipinski definition) is 1. The first-order valence-electron chi connectivity index (χ1n) is 7.20. The summed E-state index contributed by atoms with van der Waals surface area (Å²) in [6.07, 6.45) is 4.38. The Labute approximate surface area is 117 Å². The van der Waals surface area contributed by atoms with Gasteiger partial charge in [-0.25, -0.2) is 0 Å². The predicted octanol–water partition coefficient (Wildman–Crippen LogP) is 3.96.